The summed E-state index contributed by atoms with van der Waals surface area (Å²) >= 11 is 0. The molecule has 2 aromatic heterocycles. The molecule has 4 rings (SSSR count). The number of anilines is 1. The van der Waals surface area contributed by atoms with Crippen LogP contribution in [0.4, 0.5) is 5.82 Å². The van der Waals surface area contributed by atoms with Crippen molar-refractivity contribution in [3.63, 3.8) is 0 Å². The van der Waals surface area contributed by atoms with Crippen molar-refractivity contribution < 1.29 is 10.2 Å². The average Bonchev–Trinajstić information content (AvgIpc) is 3.03. The van der Waals surface area contributed by atoms with Crippen molar-refractivity contribution in [3.8, 4) is 0 Å². The van der Waals surface area contributed by atoms with Crippen LogP contribution < -0.4 is 4.90 Å². The topological polar surface area (TPSA) is 85.3 Å². The quantitative estimate of drug-likeness (QED) is 0.708. The normalized spacial score (nSPS) is 24.8. The van der Waals surface area contributed by atoms with E-state index < -0.39 is 6.29 Å². The fraction of sp³-hybridized carbons (Fsp3) is 0.571. The lowest BCUT2D eigenvalue weighted by molar-refractivity contribution is -0.110. The zero-order valence-corrected chi connectivity index (χ0v) is 11.2. The fourth-order valence-corrected chi connectivity index (χ4v) is 3.62. The van der Waals surface area contributed by atoms with Crippen LogP contribution in [0.1, 0.15) is 19.3 Å². The maximum atomic E-state index is 9.55. The van der Waals surface area contributed by atoms with Gasteiger partial charge in [0.05, 0.1) is 5.39 Å². The molecule has 106 valence electrons. The van der Waals surface area contributed by atoms with Gasteiger partial charge < -0.3 is 20.1 Å². The number of piperidine rings is 1. The zero-order chi connectivity index (χ0) is 13.7. The number of hydrogen-bond donors (Lipinski definition) is 3. The Bertz CT molecular complexity index is 635. The van der Waals surface area contributed by atoms with Gasteiger partial charge in [-0.25, -0.2) is 9.97 Å². The first-order chi connectivity index (χ1) is 9.70. The molecule has 1 atom stereocenters. The SMILES string of the molecule is OC(O)C1CCN(c2ncnc3[nH]ccc23)CC12CC2. The van der Waals surface area contributed by atoms with Gasteiger partial charge in [0, 0.05) is 25.2 Å². The first-order valence-corrected chi connectivity index (χ1v) is 7.09. The Morgan fingerprint density at radius 1 is 1.35 bits per heavy atom. The highest BCUT2D eigenvalue weighted by molar-refractivity contribution is 5.87. The maximum Gasteiger partial charge on any atom is 0.154 e. The van der Waals surface area contributed by atoms with Crippen LogP contribution in [0.3, 0.4) is 0 Å². The maximum absolute atomic E-state index is 9.55. The van der Waals surface area contributed by atoms with Gasteiger partial charge in [-0.3, -0.25) is 0 Å². The lowest BCUT2D eigenvalue weighted by Gasteiger charge is -2.40. The Morgan fingerprint density at radius 2 is 2.20 bits per heavy atom. The first-order valence-electron chi connectivity index (χ1n) is 7.09. The summed E-state index contributed by atoms with van der Waals surface area (Å²) in [7, 11) is 0. The van der Waals surface area contributed by atoms with Crippen molar-refractivity contribution >= 4 is 16.9 Å². The van der Waals surface area contributed by atoms with E-state index in [0.717, 1.165) is 49.2 Å². The lowest BCUT2D eigenvalue weighted by atomic mass is 9.82. The Morgan fingerprint density at radius 3 is 2.95 bits per heavy atom. The van der Waals surface area contributed by atoms with Crippen molar-refractivity contribution in [1.29, 1.82) is 0 Å². The van der Waals surface area contributed by atoms with Crippen molar-refractivity contribution in [3.05, 3.63) is 18.6 Å². The third kappa shape index (κ3) is 1.72. The van der Waals surface area contributed by atoms with Gasteiger partial charge in [-0.05, 0) is 30.7 Å². The van der Waals surface area contributed by atoms with Gasteiger partial charge in [-0.2, -0.15) is 0 Å². The minimum Gasteiger partial charge on any atom is -0.368 e. The van der Waals surface area contributed by atoms with Crippen LogP contribution in [-0.2, 0) is 0 Å². The molecule has 0 bridgehead atoms. The Labute approximate surface area is 116 Å². The number of aromatic nitrogens is 3. The molecule has 0 amide bonds. The second kappa shape index (κ2) is 4.17. The Balaban J connectivity index is 1.66. The number of aliphatic hydroxyl groups is 2. The van der Waals surface area contributed by atoms with Crippen LogP contribution in [0, 0.1) is 11.3 Å². The summed E-state index contributed by atoms with van der Waals surface area (Å²) in [5, 5.41) is 20.1. The predicted molar refractivity (Wildman–Crippen MR) is 74.1 cm³/mol. The second-order valence-corrected chi connectivity index (χ2v) is 6.03. The summed E-state index contributed by atoms with van der Waals surface area (Å²) in [4.78, 5) is 14.0. The van der Waals surface area contributed by atoms with E-state index in [4.69, 9.17) is 0 Å². The van der Waals surface area contributed by atoms with E-state index in [-0.39, 0.29) is 11.3 Å². The van der Waals surface area contributed by atoms with E-state index in [1.54, 1.807) is 6.33 Å². The summed E-state index contributed by atoms with van der Waals surface area (Å²) in [6, 6.07) is 2.00. The number of aliphatic hydroxyl groups excluding tert-OH is 1. The van der Waals surface area contributed by atoms with Crippen LogP contribution in [0.15, 0.2) is 18.6 Å². The van der Waals surface area contributed by atoms with Gasteiger partial charge in [0.15, 0.2) is 6.29 Å². The van der Waals surface area contributed by atoms with Crippen LogP contribution in [0.5, 0.6) is 0 Å². The number of hydrogen-bond acceptors (Lipinski definition) is 5. The van der Waals surface area contributed by atoms with Crippen LogP contribution in [0.2, 0.25) is 0 Å². The third-order valence-corrected chi connectivity index (χ3v) is 4.89. The molecular weight excluding hydrogens is 256 g/mol. The van der Waals surface area contributed by atoms with Crippen LogP contribution in [0.25, 0.3) is 11.0 Å². The molecular formula is C14H18N4O2. The van der Waals surface area contributed by atoms with Crippen molar-refractivity contribution in [2.24, 2.45) is 11.3 Å². The highest BCUT2D eigenvalue weighted by Crippen LogP contribution is 2.57. The summed E-state index contributed by atoms with van der Waals surface area (Å²) in [6.07, 6.45) is 5.21. The highest BCUT2D eigenvalue weighted by Gasteiger charge is 2.54. The predicted octanol–water partition coefficient (Wildman–Crippen LogP) is 0.875. The molecule has 6 nitrogen and oxygen atoms in total. The van der Waals surface area contributed by atoms with Gasteiger partial charge >= 0.3 is 0 Å². The summed E-state index contributed by atoms with van der Waals surface area (Å²) in [5.74, 6) is 0.954. The van der Waals surface area contributed by atoms with E-state index in [2.05, 4.69) is 19.9 Å². The van der Waals surface area contributed by atoms with Crippen molar-refractivity contribution in [2.45, 2.75) is 25.6 Å². The number of nitrogens with one attached hydrogen (secondary N) is 1. The van der Waals surface area contributed by atoms with Gasteiger partial charge in [0.1, 0.15) is 17.8 Å². The summed E-state index contributed by atoms with van der Waals surface area (Å²) in [5.41, 5.74) is 0.921. The lowest BCUT2D eigenvalue weighted by Crippen LogP contribution is -2.46. The van der Waals surface area contributed by atoms with Gasteiger partial charge in [-0.15, -0.1) is 0 Å². The van der Waals surface area contributed by atoms with E-state index in [1.807, 2.05) is 12.3 Å². The van der Waals surface area contributed by atoms with Crippen LogP contribution >= 0.6 is 0 Å². The molecule has 1 unspecified atom stereocenters. The molecule has 1 saturated heterocycles. The average molecular weight is 274 g/mol. The number of aromatic amines is 1. The number of rotatable bonds is 2. The molecule has 3 heterocycles. The highest BCUT2D eigenvalue weighted by atomic mass is 16.5. The fourth-order valence-electron chi connectivity index (χ4n) is 3.62. The first kappa shape index (κ1) is 12.1. The van der Waals surface area contributed by atoms with E-state index >= 15 is 0 Å². The Kier molecular flexibility index (Phi) is 2.52. The van der Waals surface area contributed by atoms with E-state index in [1.165, 1.54) is 0 Å². The standard InChI is InChI=1S/C14H18N4O2/c19-13(20)10-2-6-18(7-14(10)3-4-14)12-9-1-5-15-11(9)16-8-17-12/h1,5,8,10,13,19-20H,2-4,6-7H2,(H,15,16,17). The smallest absolute Gasteiger partial charge is 0.154 e. The molecule has 0 radical (unpaired) electrons. The molecule has 2 fully saturated rings. The van der Waals surface area contributed by atoms with E-state index in [9.17, 15) is 10.2 Å². The van der Waals surface area contributed by atoms with E-state index in [0.29, 0.717) is 0 Å². The molecule has 2 aromatic rings. The molecule has 1 aliphatic carbocycles. The minimum absolute atomic E-state index is 0.00213. The molecule has 1 aliphatic heterocycles. The minimum atomic E-state index is -1.20. The molecule has 20 heavy (non-hydrogen) atoms. The molecule has 3 N–H and O–H groups in total. The number of fused-ring (bicyclic) bond motifs is 1. The Hall–Kier alpha value is -1.66. The summed E-state index contributed by atoms with van der Waals surface area (Å²) in [6.45, 7) is 1.66. The van der Waals surface area contributed by atoms with Crippen LogP contribution in [-0.4, -0.2) is 44.5 Å². The molecule has 1 saturated carbocycles. The van der Waals surface area contributed by atoms with Crippen molar-refractivity contribution in [1.82, 2.24) is 15.0 Å². The monoisotopic (exact) mass is 274 g/mol. The van der Waals surface area contributed by atoms with Gasteiger partial charge in [-0.1, -0.05) is 0 Å². The summed E-state index contributed by atoms with van der Waals surface area (Å²) < 4.78 is 0. The van der Waals surface area contributed by atoms with Crippen molar-refractivity contribution in [2.75, 3.05) is 18.0 Å². The van der Waals surface area contributed by atoms with Gasteiger partial charge in [0.25, 0.3) is 0 Å². The molecule has 1 spiro atoms. The third-order valence-electron chi connectivity index (χ3n) is 4.89. The zero-order valence-electron chi connectivity index (χ0n) is 11.2. The molecule has 6 heteroatoms. The number of nitrogens with zero attached hydrogens (tertiary/aromatic N) is 3. The number of H-pyrrole nitrogens is 1. The molecule has 0 aromatic carbocycles. The van der Waals surface area contributed by atoms with Gasteiger partial charge in [0.2, 0.25) is 0 Å². The molecule has 2 aliphatic rings. The second-order valence-electron chi connectivity index (χ2n) is 6.03. The largest absolute Gasteiger partial charge is 0.368 e.